The lowest BCUT2D eigenvalue weighted by atomic mass is 10.1. The molecule has 0 spiro atoms. The van der Waals surface area contributed by atoms with E-state index in [1.165, 1.54) is 11.8 Å². The van der Waals surface area contributed by atoms with E-state index in [0.717, 1.165) is 16.7 Å². The van der Waals surface area contributed by atoms with Crippen LogP contribution in [0.4, 0.5) is 9.59 Å². The van der Waals surface area contributed by atoms with Gasteiger partial charge in [-0.25, -0.2) is 14.4 Å². The van der Waals surface area contributed by atoms with Crippen molar-refractivity contribution in [2.45, 2.75) is 83.1 Å². The summed E-state index contributed by atoms with van der Waals surface area (Å²) < 4.78 is 34.8. The Labute approximate surface area is 314 Å². The Morgan fingerprint density at radius 3 is 1.96 bits per heavy atom. The summed E-state index contributed by atoms with van der Waals surface area (Å²) in [4.78, 5) is 64.5. The van der Waals surface area contributed by atoms with Crippen LogP contribution in [-0.2, 0) is 57.1 Å². The van der Waals surface area contributed by atoms with Gasteiger partial charge in [0.15, 0.2) is 0 Å². The van der Waals surface area contributed by atoms with Gasteiger partial charge in [0.2, 0.25) is 5.91 Å². The third-order valence-corrected chi connectivity index (χ3v) is 9.49. The number of rotatable bonds is 20. The molecule has 5 atom stereocenters. The Morgan fingerprint density at radius 2 is 1.37 bits per heavy atom. The molecule has 4 N–H and O–H groups in total. The number of benzene rings is 3. The fourth-order valence-corrected chi connectivity index (χ4v) is 6.50. The van der Waals surface area contributed by atoms with Gasteiger partial charge in [-0.2, -0.15) is 0 Å². The summed E-state index contributed by atoms with van der Waals surface area (Å²) in [5, 5.41) is 17.4. The van der Waals surface area contributed by atoms with Crippen LogP contribution in [0.3, 0.4) is 0 Å². The Bertz CT molecular complexity index is 1680. The number of carboxylic acid groups (broad SMARTS) is 1. The topological polar surface area (TPSA) is 199 Å². The van der Waals surface area contributed by atoms with Crippen LogP contribution < -0.4 is 16.0 Å². The minimum absolute atomic E-state index is 0.0311. The van der Waals surface area contributed by atoms with Crippen LogP contribution in [0.2, 0.25) is 0 Å². The number of hydrogen-bond donors (Lipinski definition) is 4. The number of nitrogens with zero attached hydrogens (tertiary/aromatic N) is 1. The molecule has 1 saturated heterocycles. The first-order chi connectivity index (χ1) is 26.1. The number of carbonyl (C=O) groups excluding carboxylic acids is 4. The van der Waals surface area contributed by atoms with Crippen LogP contribution in [0.1, 0.15) is 55.7 Å². The Balaban J connectivity index is 1.36. The van der Waals surface area contributed by atoms with Crippen LogP contribution >= 0.6 is 8.25 Å². The molecule has 4 rings (SSSR count). The number of carbonyl (C=O) groups is 5. The molecule has 3 aromatic carbocycles. The van der Waals surface area contributed by atoms with Crippen molar-refractivity contribution in [3.05, 3.63) is 108 Å². The van der Waals surface area contributed by atoms with Crippen LogP contribution in [0.25, 0.3) is 0 Å². The summed E-state index contributed by atoms with van der Waals surface area (Å²) >= 11 is 0. The number of amides is 4. The zero-order valence-corrected chi connectivity index (χ0v) is 31.0. The van der Waals surface area contributed by atoms with E-state index in [1.807, 2.05) is 36.4 Å². The van der Waals surface area contributed by atoms with Gasteiger partial charge in [0.05, 0.1) is 0 Å². The van der Waals surface area contributed by atoms with Gasteiger partial charge in [-0.15, -0.1) is 0 Å². The van der Waals surface area contributed by atoms with Crippen LogP contribution in [0.5, 0.6) is 0 Å². The number of aliphatic carboxylic acids is 1. The molecular formula is C38H47N4O11P. The van der Waals surface area contributed by atoms with Gasteiger partial charge >= 0.3 is 26.4 Å². The van der Waals surface area contributed by atoms with Gasteiger partial charge in [0, 0.05) is 19.5 Å². The van der Waals surface area contributed by atoms with Crippen LogP contribution in [-0.4, -0.2) is 77.5 Å². The number of likely N-dealkylation sites (tertiary alicyclic amines) is 1. The Morgan fingerprint density at radius 1 is 0.796 bits per heavy atom. The Kier molecular flexibility index (Phi) is 17.0. The van der Waals surface area contributed by atoms with E-state index >= 15 is 0 Å². The maximum Gasteiger partial charge on any atom is 0.408 e. The fourth-order valence-electron chi connectivity index (χ4n) is 5.68. The Hall–Kier alpha value is -5.24. The number of ether oxygens (including phenoxy) is 2. The summed E-state index contributed by atoms with van der Waals surface area (Å²) in [6.07, 6.45) is -2.06. The van der Waals surface area contributed by atoms with Gasteiger partial charge in [-0.1, -0.05) is 91.0 Å². The molecule has 1 fully saturated rings. The molecule has 0 radical (unpaired) electrons. The highest BCUT2D eigenvalue weighted by Gasteiger charge is 2.37. The second kappa shape index (κ2) is 22.1. The molecule has 3 aromatic rings. The molecule has 15 nitrogen and oxygen atoms in total. The standard InChI is InChI=1S/C38H47N4O11P/c1-27(35(44)42-23-13-21-32(42)36(45)46)52-54(49)53-33(24-28-14-5-2-6-15-28)41-34(43)31(40-38(48)51-26-30-18-9-4-10-19-30)20-11-12-22-39-37(47)50-25-29-16-7-3-8-17-29/h2-10,14-19,27,31-33,54H,11-13,20-26H2,1H3,(H,39,47)(H,40,48)(H,41,43)(H,45,46)/t27?,31-,32-,33-/m0/s1. The molecule has 4 amide bonds. The zero-order chi connectivity index (χ0) is 38.7. The van der Waals surface area contributed by atoms with E-state index in [1.54, 1.807) is 54.6 Å². The van der Waals surface area contributed by atoms with Gasteiger partial charge < -0.3 is 35.4 Å². The number of carboxylic acids is 1. The summed E-state index contributed by atoms with van der Waals surface area (Å²) in [6.45, 7) is 1.92. The average molecular weight is 767 g/mol. The molecular weight excluding hydrogens is 719 g/mol. The number of alkyl carbamates (subject to hydrolysis) is 2. The summed E-state index contributed by atoms with van der Waals surface area (Å²) in [5.41, 5.74) is 2.31. The zero-order valence-electron chi connectivity index (χ0n) is 30.0. The molecule has 2 unspecified atom stereocenters. The first kappa shape index (κ1) is 41.5. The van der Waals surface area contributed by atoms with E-state index in [0.29, 0.717) is 25.7 Å². The second-order valence-electron chi connectivity index (χ2n) is 12.6. The molecule has 16 heteroatoms. The molecule has 290 valence electrons. The van der Waals surface area contributed by atoms with Gasteiger partial charge in [0.25, 0.3) is 5.91 Å². The largest absolute Gasteiger partial charge is 0.480 e. The van der Waals surface area contributed by atoms with Crippen LogP contribution in [0, 0.1) is 0 Å². The maximum absolute atomic E-state index is 13.7. The second-order valence-corrected chi connectivity index (χ2v) is 13.6. The quantitative estimate of drug-likeness (QED) is 0.0690. The SMILES string of the molecule is CC(O[PH](=O)O[C@@H](Cc1ccccc1)NC(=O)[C@H](CCCCNC(=O)OCc1ccccc1)NC(=O)OCc1ccccc1)C(=O)N1CCC[C@H]1C(=O)O. The lowest BCUT2D eigenvalue weighted by Gasteiger charge is -2.26. The van der Waals surface area contributed by atoms with Crippen molar-refractivity contribution < 1.29 is 52.2 Å². The smallest absolute Gasteiger partial charge is 0.408 e. The molecule has 1 heterocycles. The summed E-state index contributed by atoms with van der Waals surface area (Å²) in [5.74, 6) is -2.43. The van der Waals surface area contributed by atoms with Crippen molar-refractivity contribution >= 4 is 38.2 Å². The van der Waals surface area contributed by atoms with Crippen LogP contribution in [0.15, 0.2) is 91.0 Å². The van der Waals surface area contributed by atoms with E-state index < -0.39 is 62.6 Å². The molecule has 0 aliphatic carbocycles. The molecule has 54 heavy (non-hydrogen) atoms. The third-order valence-electron chi connectivity index (χ3n) is 8.47. The van der Waals surface area contributed by atoms with Gasteiger partial charge in [-0.05, 0) is 55.7 Å². The van der Waals surface area contributed by atoms with Gasteiger partial charge in [0.1, 0.15) is 37.6 Å². The maximum atomic E-state index is 13.7. The van der Waals surface area contributed by atoms with E-state index in [4.69, 9.17) is 18.5 Å². The van der Waals surface area contributed by atoms with Crippen molar-refractivity contribution in [2.75, 3.05) is 13.1 Å². The van der Waals surface area contributed by atoms with Crippen molar-refractivity contribution in [2.24, 2.45) is 0 Å². The van der Waals surface area contributed by atoms with E-state index in [2.05, 4.69) is 16.0 Å². The monoisotopic (exact) mass is 766 g/mol. The molecule has 1 aliphatic rings. The fraction of sp³-hybridized carbons (Fsp3) is 0.395. The highest BCUT2D eigenvalue weighted by atomic mass is 31.1. The number of nitrogens with one attached hydrogen (secondary N) is 3. The molecule has 1 aliphatic heterocycles. The molecule has 0 saturated carbocycles. The van der Waals surface area contributed by atoms with Gasteiger partial charge in [-0.3, -0.25) is 23.2 Å². The first-order valence-corrected chi connectivity index (χ1v) is 19.0. The third kappa shape index (κ3) is 14.3. The molecule has 0 aromatic heterocycles. The average Bonchev–Trinajstić information content (AvgIpc) is 3.67. The molecule has 0 bridgehead atoms. The predicted octanol–water partition coefficient (Wildman–Crippen LogP) is 4.95. The van der Waals surface area contributed by atoms with Crippen molar-refractivity contribution in [1.29, 1.82) is 0 Å². The summed E-state index contributed by atoms with van der Waals surface area (Å²) in [6, 6.07) is 25.0. The minimum atomic E-state index is -3.43. The van der Waals surface area contributed by atoms with Crippen molar-refractivity contribution in [3.8, 4) is 0 Å². The highest BCUT2D eigenvalue weighted by Crippen LogP contribution is 2.30. The lowest BCUT2D eigenvalue weighted by molar-refractivity contribution is -0.151. The first-order valence-electron chi connectivity index (χ1n) is 17.8. The summed E-state index contributed by atoms with van der Waals surface area (Å²) in [7, 11) is -3.43. The normalized spacial score (nSPS) is 15.9. The number of hydrogen-bond acceptors (Lipinski definition) is 10. The predicted molar refractivity (Wildman–Crippen MR) is 197 cm³/mol. The van der Waals surface area contributed by atoms with E-state index in [-0.39, 0.29) is 39.1 Å². The van der Waals surface area contributed by atoms with E-state index in [9.17, 15) is 33.6 Å². The van der Waals surface area contributed by atoms with Crippen molar-refractivity contribution in [1.82, 2.24) is 20.9 Å². The van der Waals surface area contributed by atoms with Crippen molar-refractivity contribution in [3.63, 3.8) is 0 Å². The lowest BCUT2D eigenvalue weighted by Crippen LogP contribution is -2.50. The minimum Gasteiger partial charge on any atom is -0.480 e. The highest BCUT2D eigenvalue weighted by molar-refractivity contribution is 7.33. The number of unbranched alkanes of at least 4 members (excludes halogenated alkanes) is 1.